The van der Waals surface area contributed by atoms with E-state index in [0.717, 1.165) is 0 Å². The average molecular weight is 217 g/mol. The zero-order chi connectivity index (χ0) is 11.8. The molecule has 0 bridgehead atoms. The first-order valence-electron chi connectivity index (χ1n) is 4.47. The van der Waals surface area contributed by atoms with Gasteiger partial charge in [0.25, 0.3) is 6.47 Å². The summed E-state index contributed by atoms with van der Waals surface area (Å²) in [6.07, 6.45) is -0.543. The van der Waals surface area contributed by atoms with Crippen LogP contribution in [0.1, 0.15) is 20.3 Å². The Morgan fingerprint density at radius 1 is 1.40 bits per heavy atom. The number of ketones is 1. The van der Waals surface area contributed by atoms with Gasteiger partial charge >= 0.3 is 5.97 Å². The van der Waals surface area contributed by atoms with E-state index in [2.05, 4.69) is 4.74 Å². The molecule has 0 radical (unpaired) electrons. The van der Waals surface area contributed by atoms with Crippen LogP contribution in [-0.2, 0) is 23.9 Å². The van der Waals surface area contributed by atoms with Crippen molar-refractivity contribution in [2.75, 3.05) is 6.61 Å². The van der Waals surface area contributed by atoms with E-state index < -0.39 is 18.1 Å². The van der Waals surface area contributed by atoms with Gasteiger partial charge in [0.05, 0.1) is 6.61 Å². The number of Topliss-reactive ketones (excluding diaryl/α,β-unsaturated/α-hetero) is 1. The predicted molar refractivity (Wildman–Crippen MR) is 50.8 cm³/mol. The summed E-state index contributed by atoms with van der Waals surface area (Å²) in [5, 5.41) is 0. The van der Waals surface area contributed by atoms with Crippen molar-refractivity contribution in [3.8, 4) is 0 Å². The van der Waals surface area contributed by atoms with Crippen LogP contribution in [0.3, 0.4) is 0 Å². The summed E-state index contributed by atoms with van der Waals surface area (Å²) >= 11 is 0. The number of esters is 1. The highest BCUT2D eigenvalue weighted by Crippen LogP contribution is 2.05. The number of ether oxygens (including phenoxy) is 2. The minimum absolute atomic E-state index is 0.0580. The molecule has 0 spiro atoms. The quantitative estimate of drug-likeness (QED) is 0.347. The Kier molecular flexibility index (Phi) is 6.28. The SMILES string of the molecule is CC(=O)OC(CCOC=O)C(N)C(C)=O. The molecular formula is C9H15NO5. The molecule has 0 saturated carbocycles. The van der Waals surface area contributed by atoms with Gasteiger partial charge in [-0.15, -0.1) is 0 Å². The summed E-state index contributed by atoms with van der Waals surface area (Å²) in [5.41, 5.74) is 5.52. The number of hydrogen-bond acceptors (Lipinski definition) is 6. The van der Waals surface area contributed by atoms with Gasteiger partial charge in [-0.05, 0) is 6.92 Å². The Balaban J connectivity index is 4.22. The fourth-order valence-corrected chi connectivity index (χ4v) is 1.02. The van der Waals surface area contributed by atoms with Crippen molar-refractivity contribution in [2.24, 2.45) is 5.73 Å². The van der Waals surface area contributed by atoms with Gasteiger partial charge in [-0.3, -0.25) is 14.4 Å². The fourth-order valence-electron chi connectivity index (χ4n) is 1.02. The fraction of sp³-hybridized carbons (Fsp3) is 0.667. The van der Waals surface area contributed by atoms with Crippen LogP contribution >= 0.6 is 0 Å². The van der Waals surface area contributed by atoms with Gasteiger partial charge in [-0.2, -0.15) is 0 Å². The molecule has 0 aliphatic heterocycles. The van der Waals surface area contributed by atoms with Crippen molar-refractivity contribution < 1.29 is 23.9 Å². The van der Waals surface area contributed by atoms with Crippen molar-refractivity contribution in [3.05, 3.63) is 0 Å². The lowest BCUT2D eigenvalue weighted by Crippen LogP contribution is -2.43. The van der Waals surface area contributed by atoms with E-state index in [1.54, 1.807) is 0 Å². The first-order chi connectivity index (χ1) is 6.99. The van der Waals surface area contributed by atoms with Gasteiger partial charge < -0.3 is 15.2 Å². The Bertz CT molecular complexity index is 241. The number of nitrogens with two attached hydrogens (primary N) is 1. The largest absolute Gasteiger partial charge is 0.468 e. The standard InChI is InChI=1S/C9H15NO5/c1-6(12)9(10)8(15-7(2)13)3-4-14-5-11/h5,8-9H,3-4,10H2,1-2H3. The Labute approximate surface area is 87.7 Å². The molecule has 0 aliphatic carbocycles. The molecule has 2 unspecified atom stereocenters. The highest BCUT2D eigenvalue weighted by atomic mass is 16.5. The second-order valence-electron chi connectivity index (χ2n) is 3.04. The third kappa shape index (κ3) is 5.79. The molecule has 0 heterocycles. The second kappa shape index (κ2) is 6.94. The van der Waals surface area contributed by atoms with E-state index in [-0.39, 0.29) is 25.3 Å². The minimum Gasteiger partial charge on any atom is -0.468 e. The summed E-state index contributed by atoms with van der Waals surface area (Å²) in [4.78, 5) is 31.6. The number of carbonyl (C=O) groups excluding carboxylic acids is 3. The van der Waals surface area contributed by atoms with Crippen LogP contribution in [0.25, 0.3) is 0 Å². The average Bonchev–Trinajstić information content (AvgIpc) is 2.14. The topological polar surface area (TPSA) is 95.7 Å². The van der Waals surface area contributed by atoms with Crippen molar-refractivity contribution in [1.29, 1.82) is 0 Å². The van der Waals surface area contributed by atoms with Crippen LogP contribution in [0.5, 0.6) is 0 Å². The van der Waals surface area contributed by atoms with E-state index in [1.807, 2.05) is 0 Å². The second-order valence-corrected chi connectivity index (χ2v) is 3.04. The summed E-state index contributed by atoms with van der Waals surface area (Å²) in [6.45, 7) is 2.87. The molecule has 0 amide bonds. The maximum Gasteiger partial charge on any atom is 0.302 e. The lowest BCUT2D eigenvalue weighted by Gasteiger charge is -2.20. The minimum atomic E-state index is -0.885. The van der Waals surface area contributed by atoms with Crippen molar-refractivity contribution in [2.45, 2.75) is 32.4 Å². The van der Waals surface area contributed by atoms with Gasteiger partial charge in [-0.25, -0.2) is 0 Å². The Morgan fingerprint density at radius 2 is 2.00 bits per heavy atom. The molecular weight excluding hydrogens is 202 g/mol. The summed E-state index contributed by atoms with van der Waals surface area (Å²) in [5.74, 6) is -0.810. The molecule has 86 valence electrons. The molecule has 0 aliphatic rings. The smallest absolute Gasteiger partial charge is 0.302 e. The van der Waals surface area contributed by atoms with Crippen LogP contribution in [0.2, 0.25) is 0 Å². The number of hydrogen-bond donors (Lipinski definition) is 1. The molecule has 0 fully saturated rings. The van der Waals surface area contributed by atoms with E-state index in [4.69, 9.17) is 10.5 Å². The molecule has 2 N–H and O–H groups in total. The molecule has 0 aromatic heterocycles. The molecule has 0 rings (SSSR count). The van der Waals surface area contributed by atoms with Crippen LogP contribution < -0.4 is 5.73 Å². The van der Waals surface area contributed by atoms with E-state index in [9.17, 15) is 14.4 Å². The van der Waals surface area contributed by atoms with Gasteiger partial charge in [0, 0.05) is 13.3 Å². The van der Waals surface area contributed by atoms with Gasteiger partial charge in [0.1, 0.15) is 17.9 Å². The summed E-state index contributed by atoms with van der Waals surface area (Å²) in [7, 11) is 0. The lowest BCUT2D eigenvalue weighted by molar-refractivity contribution is -0.149. The van der Waals surface area contributed by atoms with E-state index in [1.165, 1.54) is 13.8 Å². The highest BCUT2D eigenvalue weighted by molar-refractivity contribution is 5.82. The van der Waals surface area contributed by atoms with E-state index in [0.29, 0.717) is 0 Å². The maximum absolute atomic E-state index is 11.0. The molecule has 0 aromatic carbocycles. The normalized spacial score (nSPS) is 13.8. The maximum atomic E-state index is 11.0. The van der Waals surface area contributed by atoms with Crippen LogP contribution in [0.15, 0.2) is 0 Å². The first-order valence-corrected chi connectivity index (χ1v) is 4.47. The van der Waals surface area contributed by atoms with Crippen LogP contribution in [0.4, 0.5) is 0 Å². The molecule has 2 atom stereocenters. The van der Waals surface area contributed by atoms with Crippen molar-refractivity contribution in [3.63, 3.8) is 0 Å². The van der Waals surface area contributed by atoms with Crippen LogP contribution in [0, 0.1) is 0 Å². The molecule has 0 saturated heterocycles. The molecule has 6 nitrogen and oxygen atoms in total. The monoisotopic (exact) mass is 217 g/mol. The molecule has 15 heavy (non-hydrogen) atoms. The number of rotatable bonds is 7. The van der Waals surface area contributed by atoms with Gasteiger partial charge in [0.15, 0.2) is 0 Å². The van der Waals surface area contributed by atoms with E-state index >= 15 is 0 Å². The van der Waals surface area contributed by atoms with Gasteiger partial charge in [-0.1, -0.05) is 0 Å². The molecule has 6 heteroatoms. The van der Waals surface area contributed by atoms with Gasteiger partial charge in [0.2, 0.25) is 0 Å². The Morgan fingerprint density at radius 3 is 2.40 bits per heavy atom. The highest BCUT2D eigenvalue weighted by Gasteiger charge is 2.24. The predicted octanol–water partition coefficient (Wildman–Crippen LogP) is -0.602. The zero-order valence-electron chi connectivity index (χ0n) is 8.76. The zero-order valence-corrected chi connectivity index (χ0v) is 8.76. The van der Waals surface area contributed by atoms with Crippen molar-refractivity contribution in [1.82, 2.24) is 0 Å². The Hall–Kier alpha value is -1.43. The molecule has 0 aromatic rings. The lowest BCUT2D eigenvalue weighted by atomic mass is 10.1. The number of carbonyl (C=O) groups is 3. The van der Waals surface area contributed by atoms with Crippen LogP contribution in [-0.4, -0.2) is 37.0 Å². The summed E-state index contributed by atoms with van der Waals surface area (Å²) < 4.78 is 9.28. The first kappa shape index (κ1) is 13.6. The van der Waals surface area contributed by atoms with Crippen molar-refractivity contribution >= 4 is 18.2 Å². The third-order valence-electron chi connectivity index (χ3n) is 1.78. The summed E-state index contributed by atoms with van der Waals surface area (Å²) in [6, 6.07) is -0.885. The third-order valence-corrected chi connectivity index (χ3v) is 1.78.